The Labute approximate surface area is 180 Å². The van der Waals surface area contributed by atoms with Crippen molar-refractivity contribution in [3.05, 3.63) is 23.7 Å². The van der Waals surface area contributed by atoms with E-state index in [0.717, 1.165) is 43.5 Å². The molecule has 0 saturated carbocycles. The lowest BCUT2D eigenvalue weighted by Gasteiger charge is -2.24. The highest BCUT2D eigenvalue weighted by Crippen LogP contribution is 2.26. The number of rotatable bonds is 9. The average Bonchev–Trinajstić information content (AvgIpc) is 3.32. The molecule has 1 aliphatic heterocycles. The fourth-order valence-electron chi connectivity index (χ4n) is 3.39. The monoisotopic (exact) mass is 421 g/mol. The van der Waals surface area contributed by atoms with Gasteiger partial charge in [-0.05, 0) is 79.1 Å². The molecule has 0 spiro atoms. The van der Waals surface area contributed by atoms with Crippen LogP contribution in [0.3, 0.4) is 0 Å². The molecule has 2 heterocycles. The Morgan fingerprint density at radius 3 is 2.50 bits per heavy atom. The van der Waals surface area contributed by atoms with Crippen LogP contribution in [0.4, 0.5) is 4.79 Å². The number of carbonyl (C=O) groups excluding carboxylic acids is 1. The summed E-state index contributed by atoms with van der Waals surface area (Å²) in [6.45, 7) is 14.4. The first-order valence-electron chi connectivity index (χ1n) is 11.1. The second-order valence-corrected chi connectivity index (χ2v) is 8.64. The number of nitrogens with one attached hydrogen (secondary N) is 3. The smallest absolute Gasteiger partial charge is 0.407 e. The predicted octanol–water partition coefficient (Wildman–Crippen LogP) is 3.19. The van der Waals surface area contributed by atoms with Gasteiger partial charge in [-0.2, -0.15) is 0 Å². The van der Waals surface area contributed by atoms with Gasteiger partial charge in [0.2, 0.25) is 0 Å². The maximum Gasteiger partial charge on any atom is 0.407 e. The Balaban J connectivity index is 1.83. The van der Waals surface area contributed by atoms with E-state index in [1.807, 2.05) is 33.8 Å². The van der Waals surface area contributed by atoms with Crippen LogP contribution in [0.1, 0.15) is 64.5 Å². The van der Waals surface area contributed by atoms with E-state index in [9.17, 15) is 4.79 Å². The molecular formula is C22H39N5O3. The lowest BCUT2D eigenvalue weighted by molar-refractivity contribution is 0.0527. The first-order chi connectivity index (χ1) is 14.3. The molecule has 2 rings (SSSR count). The third-order valence-corrected chi connectivity index (χ3v) is 4.75. The Morgan fingerprint density at radius 2 is 1.90 bits per heavy atom. The molecule has 1 saturated heterocycles. The molecule has 1 aromatic rings. The van der Waals surface area contributed by atoms with Gasteiger partial charge in [-0.1, -0.05) is 0 Å². The number of likely N-dealkylation sites (tertiary alicyclic amines) is 1. The number of nitrogens with zero attached hydrogens (tertiary/aromatic N) is 2. The van der Waals surface area contributed by atoms with Crippen molar-refractivity contribution in [3.63, 3.8) is 0 Å². The van der Waals surface area contributed by atoms with E-state index in [1.165, 1.54) is 12.8 Å². The number of hydrogen-bond acceptors (Lipinski definition) is 5. The van der Waals surface area contributed by atoms with Crippen molar-refractivity contribution in [3.8, 4) is 0 Å². The molecule has 0 aliphatic carbocycles. The first-order valence-corrected chi connectivity index (χ1v) is 11.1. The molecule has 1 atom stereocenters. The zero-order chi connectivity index (χ0) is 22.0. The highest BCUT2D eigenvalue weighted by atomic mass is 16.6. The van der Waals surface area contributed by atoms with Gasteiger partial charge in [0.25, 0.3) is 0 Å². The number of aliphatic imine (C=N–C) groups is 1. The van der Waals surface area contributed by atoms with Gasteiger partial charge in [0.15, 0.2) is 5.96 Å². The van der Waals surface area contributed by atoms with Gasteiger partial charge in [0, 0.05) is 19.6 Å². The summed E-state index contributed by atoms with van der Waals surface area (Å²) in [5, 5.41) is 9.41. The number of guanidine groups is 1. The number of furan rings is 1. The van der Waals surface area contributed by atoms with Crippen LogP contribution in [-0.4, -0.2) is 61.8 Å². The number of ether oxygens (including phenoxy) is 1. The summed E-state index contributed by atoms with van der Waals surface area (Å²) in [5.41, 5.74) is -0.481. The zero-order valence-corrected chi connectivity index (χ0v) is 19.2. The minimum Gasteiger partial charge on any atom is -0.465 e. The normalized spacial score (nSPS) is 16.4. The summed E-state index contributed by atoms with van der Waals surface area (Å²) in [5.74, 6) is 2.69. The molecule has 30 heavy (non-hydrogen) atoms. The molecular weight excluding hydrogens is 382 g/mol. The number of amides is 1. The summed E-state index contributed by atoms with van der Waals surface area (Å²) in [7, 11) is 0. The molecule has 0 aromatic carbocycles. The molecule has 1 fully saturated rings. The first kappa shape index (κ1) is 24.1. The number of hydrogen-bond donors (Lipinski definition) is 3. The van der Waals surface area contributed by atoms with E-state index in [2.05, 4.69) is 33.8 Å². The summed E-state index contributed by atoms with van der Waals surface area (Å²) >= 11 is 0. The Bertz CT molecular complexity index is 675. The van der Waals surface area contributed by atoms with Crippen molar-refractivity contribution in [2.45, 2.75) is 65.5 Å². The fourth-order valence-corrected chi connectivity index (χ4v) is 3.39. The molecule has 0 radical (unpaired) electrons. The molecule has 8 heteroatoms. The van der Waals surface area contributed by atoms with Gasteiger partial charge in [0.1, 0.15) is 17.1 Å². The maximum absolute atomic E-state index is 11.7. The fraction of sp³-hybridized carbons (Fsp3) is 0.727. The predicted molar refractivity (Wildman–Crippen MR) is 120 cm³/mol. The van der Waals surface area contributed by atoms with Gasteiger partial charge in [-0.25, -0.2) is 4.79 Å². The van der Waals surface area contributed by atoms with Crippen LogP contribution in [0.2, 0.25) is 0 Å². The minimum atomic E-state index is -0.481. The largest absolute Gasteiger partial charge is 0.465 e. The summed E-state index contributed by atoms with van der Waals surface area (Å²) < 4.78 is 11.2. The average molecular weight is 422 g/mol. The van der Waals surface area contributed by atoms with Crippen molar-refractivity contribution in [1.29, 1.82) is 0 Å². The van der Waals surface area contributed by atoms with Crippen LogP contribution in [0.25, 0.3) is 0 Å². The zero-order valence-electron chi connectivity index (χ0n) is 19.2. The molecule has 170 valence electrons. The van der Waals surface area contributed by atoms with Gasteiger partial charge in [-0.15, -0.1) is 0 Å². The molecule has 3 N–H and O–H groups in total. The summed E-state index contributed by atoms with van der Waals surface area (Å²) in [4.78, 5) is 19.0. The van der Waals surface area contributed by atoms with Gasteiger partial charge < -0.3 is 25.1 Å². The van der Waals surface area contributed by atoms with Crippen molar-refractivity contribution >= 4 is 12.1 Å². The molecule has 0 bridgehead atoms. The quantitative estimate of drug-likeness (QED) is 0.322. The van der Waals surface area contributed by atoms with Crippen LogP contribution < -0.4 is 16.0 Å². The Kier molecular flexibility index (Phi) is 9.49. The highest BCUT2D eigenvalue weighted by molar-refractivity contribution is 5.79. The standard InChI is InChI=1S/C22H39N5O3/c1-6-23-20(24-12-9-13-25-21(28)30-22(3,4)5)26-16-18(27-14-7-8-15-27)19-11-10-17(2)29-19/h10-11,18H,6-9,12-16H2,1-5H3,(H,25,28)(H2,23,24,26). The maximum atomic E-state index is 11.7. The van der Waals surface area contributed by atoms with E-state index in [1.54, 1.807) is 0 Å². The second kappa shape index (κ2) is 11.8. The van der Waals surface area contributed by atoms with E-state index in [4.69, 9.17) is 14.1 Å². The van der Waals surface area contributed by atoms with Crippen LogP contribution in [0.15, 0.2) is 21.5 Å². The molecule has 1 aromatic heterocycles. The lowest BCUT2D eigenvalue weighted by Crippen LogP contribution is -2.40. The topological polar surface area (TPSA) is 91.1 Å². The van der Waals surface area contributed by atoms with Gasteiger partial charge >= 0.3 is 6.09 Å². The number of carbonyl (C=O) groups is 1. The van der Waals surface area contributed by atoms with Crippen LogP contribution >= 0.6 is 0 Å². The van der Waals surface area contributed by atoms with Crippen molar-refractivity contribution in [2.24, 2.45) is 4.99 Å². The third kappa shape index (κ3) is 8.65. The van der Waals surface area contributed by atoms with Crippen LogP contribution in [-0.2, 0) is 4.74 Å². The molecule has 8 nitrogen and oxygen atoms in total. The highest BCUT2D eigenvalue weighted by Gasteiger charge is 2.25. The number of aryl methyl sites for hydroxylation is 1. The molecule has 1 unspecified atom stereocenters. The summed E-state index contributed by atoms with van der Waals surface area (Å²) in [6, 6.07) is 4.24. The van der Waals surface area contributed by atoms with Gasteiger partial charge in [-0.3, -0.25) is 9.89 Å². The van der Waals surface area contributed by atoms with Crippen molar-refractivity contribution < 1.29 is 13.9 Å². The van der Waals surface area contributed by atoms with E-state index >= 15 is 0 Å². The SMILES string of the molecule is CCNC(=NCC(c1ccc(C)o1)N1CCCC1)NCCCNC(=O)OC(C)(C)C. The third-order valence-electron chi connectivity index (χ3n) is 4.75. The van der Waals surface area contributed by atoms with Crippen molar-refractivity contribution in [1.82, 2.24) is 20.9 Å². The Hall–Kier alpha value is -2.22. The van der Waals surface area contributed by atoms with Gasteiger partial charge in [0.05, 0.1) is 12.6 Å². The molecule has 1 aliphatic rings. The second-order valence-electron chi connectivity index (χ2n) is 8.64. The van der Waals surface area contributed by atoms with Crippen molar-refractivity contribution in [2.75, 3.05) is 39.3 Å². The van der Waals surface area contributed by atoms with E-state index in [0.29, 0.717) is 19.6 Å². The van der Waals surface area contributed by atoms with Crippen LogP contribution in [0.5, 0.6) is 0 Å². The number of alkyl carbamates (subject to hydrolysis) is 1. The van der Waals surface area contributed by atoms with E-state index < -0.39 is 5.60 Å². The lowest BCUT2D eigenvalue weighted by atomic mass is 10.2. The summed E-state index contributed by atoms with van der Waals surface area (Å²) in [6.07, 6.45) is 2.84. The minimum absolute atomic E-state index is 0.158. The Morgan fingerprint density at radius 1 is 1.20 bits per heavy atom. The molecule has 1 amide bonds. The van der Waals surface area contributed by atoms with Crippen LogP contribution in [0, 0.1) is 6.92 Å². The van der Waals surface area contributed by atoms with E-state index in [-0.39, 0.29) is 12.1 Å².